The molecular formula is C11H20N2O4S. The maximum atomic E-state index is 11.5. The number of hydrogen-bond acceptors (Lipinski definition) is 4. The number of carboxylic acid groups (broad SMARTS) is 1. The highest BCUT2D eigenvalue weighted by Crippen LogP contribution is 2.02. The van der Waals surface area contributed by atoms with Crippen molar-refractivity contribution in [3.05, 3.63) is 0 Å². The van der Waals surface area contributed by atoms with Crippen LogP contribution in [0.1, 0.15) is 26.2 Å². The van der Waals surface area contributed by atoms with Crippen LogP contribution in [0.5, 0.6) is 0 Å². The summed E-state index contributed by atoms with van der Waals surface area (Å²) < 4.78 is 0. The van der Waals surface area contributed by atoms with Gasteiger partial charge in [0.15, 0.2) is 0 Å². The Morgan fingerprint density at radius 2 is 1.83 bits per heavy atom. The van der Waals surface area contributed by atoms with Crippen molar-refractivity contribution in [3.8, 4) is 0 Å². The van der Waals surface area contributed by atoms with Gasteiger partial charge in [0, 0.05) is 19.4 Å². The van der Waals surface area contributed by atoms with Gasteiger partial charge in [-0.15, -0.1) is 0 Å². The second-order valence-electron chi connectivity index (χ2n) is 3.69. The number of carboxylic acids is 1. The van der Waals surface area contributed by atoms with Crippen LogP contribution in [0, 0.1) is 0 Å². The van der Waals surface area contributed by atoms with E-state index in [0.717, 1.165) is 0 Å². The number of thioether (sulfide) groups is 1. The molecule has 1 atom stereocenters. The smallest absolute Gasteiger partial charge is 0.326 e. The van der Waals surface area contributed by atoms with Gasteiger partial charge in [0.25, 0.3) is 0 Å². The molecule has 0 aliphatic heterocycles. The van der Waals surface area contributed by atoms with E-state index in [1.807, 2.05) is 6.26 Å². The molecule has 0 aliphatic rings. The average molecular weight is 276 g/mol. The summed E-state index contributed by atoms with van der Waals surface area (Å²) >= 11 is 1.52. The molecule has 0 spiro atoms. The molecule has 0 bridgehead atoms. The minimum atomic E-state index is -1.05. The molecule has 7 heteroatoms. The molecule has 0 heterocycles. The molecule has 0 aromatic carbocycles. The molecule has 0 saturated carbocycles. The lowest BCUT2D eigenvalue weighted by Gasteiger charge is -2.13. The summed E-state index contributed by atoms with van der Waals surface area (Å²) in [5.41, 5.74) is 0. The lowest BCUT2D eigenvalue weighted by atomic mass is 10.2. The fourth-order valence-corrected chi connectivity index (χ4v) is 1.74. The Morgan fingerprint density at radius 3 is 2.33 bits per heavy atom. The molecule has 0 aromatic rings. The topological polar surface area (TPSA) is 95.5 Å². The first-order chi connectivity index (χ1) is 8.51. The number of aliphatic carboxylic acids is 1. The average Bonchev–Trinajstić information content (AvgIpc) is 2.32. The van der Waals surface area contributed by atoms with E-state index >= 15 is 0 Å². The molecule has 0 aliphatic carbocycles. The first-order valence-corrected chi connectivity index (χ1v) is 7.18. The maximum absolute atomic E-state index is 11.5. The van der Waals surface area contributed by atoms with Gasteiger partial charge < -0.3 is 15.7 Å². The van der Waals surface area contributed by atoms with Crippen molar-refractivity contribution in [2.45, 2.75) is 32.2 Å². The van der Waals surface area contributed by atoms with Crippen LogP contribution < -0.4 is 10.6 Å². The minimum Gasteiger partial charge on any atom is -0.480 e. The van der Waals surface area contributed by atoms with E-state index in [2.05, 4.69) is 10.6 Å². The Morgan fingerprint density at radius 1 is 1.22 bits per heavy atom. The molecule has 0 rings (SSSR count). The van der Waals surface area contributed by atoms with Gasteiger partial charge in [0.1, 0.15) is 6.04 Å². The Kier molecular flexibility index (Phi) is 9.08. The molecular weight excluding hydrogens is 256 g/mol. The van der Waals surface area contributed by atoms with E-state index in [0.29, 0.717) is 18.7 Å². The van der Waals surface area contributed by atoms with Crippen molar-refractivity contribution in [3.63, 3.8) is 0 Å². The van der Waals surface area contributed by atoms with Gasteiger partial charge in [-0.2, -0.15) is 11.8 Å². The van der Waals surface area contributed by atoms with Crippen molar-refractivity contribution in [1.82, 2.24) is 10.6 Å². The Hall–Kier alpha value is -1.24. The second kappa shape index (κ2) is 9.76. The molecule has 104 valence electrons. The zero-order valence-electron chi connectivity index (χ0n) is 10.7. The Labute approximate surface area is 111 Å². The Balaban J connectivity index is 4.02. The van der Waals surface area contributed by atoms with Gasteiger partial charge in [-0.05, 0) is 25.4 Å². The number of amides is 2. The number of nitrogens with one attached hydrogen (secondary N) is 2. The van der Waals surface area contributed by atoms with Crippen LogP contribution in [-0.4, -0.2) is 47.5 Å². The van der Waals surface area contributed by atoms with Gasteiger partial charge >= 0.3 is 5.97 Å². The van der Waals surface area contributed by atoms with E-state index in [-0.39, 0.29) is 18.7 Å². The number of carbonyl (C=O) groups is 3. The summed E-state index contributed by atoms with van der Waals surface area (Å²) in [4.78, 5) is 33.5. The highest BCUT2D eigenvalue weighted by Gasteiger charge is 2.19. The quantitative estimate of drug-likeness (QED) is 0.560. The van der Waals surface area contributed by atoms with Gasteiger partial charge in [-0.3, -0.25) is 9.59 Å². The number of hydrogen-bond donors (Lipinski definition) is 3. The van der Waals surface area contributed by atoms with Crippen molar-refractivity contribution >= 4 is 29.5 Å². The van der Waals surface area contributed by atoms with Crippen molar-refractivity contribution in [2.75, 3.05) is 18.6 Å². The van der Waals surface area contributed by atoms with Gasteiger partial charge in [0.2, 0.25) is 11.8 Å². The number of carbonyl (C=O) groups excluding carboxylic acids is 2. The van der Waals surface area contributed by atoms with Crippen LogP contribution in [-0.2, 0) is 14.4 Å². The van der Waals surface area contributed by atoms with Crippen LogP contribution in [0.15, 0.2) is 0 Å². The summed E-state index contributed by atoms with van der Waals surface area (Å²) in [7, 11) is 0. The molecule has 1 unspecified atom stereocenters. The van der Waals surface area contributed by atoms with Crippen LogP contribution >= 0.6 is 11.8 Å². The summed E-state index contributed by atoms with van der Waals surface area (Å²) in [5.74, 6) is -0.998. The third-order valence-electron chi connectivity index (χ3n) is 2.20. The molecule has 0 radical (unpaired) electrons. The van der Waals surface area contributed by atoms with Crippen molar-refractivity contribution < 1.29 is 19.5 Å². The van der Waals surface area contributed by atoms with Crippen molar-refractivity contribution in [1.29, 1.82) is 0 Å². The van der Waals surface area contributed by atoms with Crippen LogP contribution in [0.2, 0.25) is 0 Å². The fourth-order valence-electron chi connectivity index (χ4n) is 1.27. The first kappa shape index (κ1) is 16.8. The first-order valence-electron chi connectivity index (χ1n) is 5.79. The van der Waals surface area contributed by atoms with Crippen molar-refractivity contribution in [2.24, 2.45) is 0 Å². The standard InChI is InChI=1S/C11H20N2O4S/c1-3-12-9(14)4-5-10(15)13-8(11(16)17)6-7-18-2/h8H,3-7H2,1-2H3,(H,12,14)(H,13,15)(H,16,17). The van der Waals surface area contributed by atoms with E-state index in [1.165, 1.54) is 11.8 Å². The predicted molar refractivity (Wildman–Crippen MR) is 70.5 cm³/mol. The summed E-state index contributed by atoms with van der Waals surface area (Å²) in [6.45, 7) is 2.31. The second-order valence-corrected chi connectivity index (χ2v) is 4.68. The molecule has 3 N–H and O–H groups in total. The fraction of sp³-hybridized carbons (Fsp3) is 0.727. The minimum absolute atomic E-state index is 0.00881. The van der Waals surface area contributed by atoms with Crippen LogP contribution in [0.25, 0.3) is 0 Å². The number of rotatable bonds is 9. The highest BCUT2D eigenvalue weighted by atomic mass is 32.2. The zero-order valence-corrected chi connectivity index (χ0v) is 11.5. The SMILES string of the molecule is CCNC(=O)CCC(=O)NC(CCSC)C(=O)O. The van der Waals surface area contributed by atoms with E-state index in [1.54, 1.807) is 6.92 Å². The third-order valence-corrected chi connectivity index (χ3v) is 2.84. The van der Waals surface area contributed by atoms with E-state index < -0.39 is 17.9 Å². The summed E-state index contributed by atoms with van der Waals surface area (Å²) in [6, 6.07) is -0.876. The van der Waals surface area contributed by atoms with Gasteiger partial charge in [-0.1, -0.05) is 0 Å². The van der Waals surface area contributed by atoms with Gasteiger partial charge in [0.05, 0.1) is 0 Å². The Bertz CT molecular complexity index is 297. The van der Waals surface area contributed by atoms with Crippen LogP contribution in [0.4, 0.5) is 0 Å². The predicted octanol–water partition coefficient (Wildman–Crippen LogP) is 0.225. The highest BCUT2D eigenvalue weighted by molar-refractivity contribution is 7.98. The van der Waals surface area contributed by atoms with Crippen LogP contribution in [0.3, 0.4) is 0 Å². The molecule has 18 heavy (non-hydrogen) atoms. The summed E-state index contributed by atoms with van der Waals surface area (Å²) in [6.07, 6.45) is 2.34. The lowest BCUT2D eigenvalue weighted by Crippen LogP contribution is -2.41. The zero-order chi connectivity index (χ0) is 14.0. The van der Waals surface area contributed by atoms with E-state index in [4.69, 9.17) is 5.11 Å². The normalized spacial score (nSPS) is 11.7. The van der Waals surface area contributed by atoms with Gasteiger partial charge in [-0.25, -0.2) is 4.79 Å². The van der Waals surface area contributed by atoms with E-state index in [9.17, 15) is 14.4 Å². The summed E-state index contributed by atoms with van der Waals surface area (Å²) in [5, 5.41) is 13.9. The lowest BCUT2D eigenvalue weighted by molar-refractivity contribution is -0.141. The molecule has 0 aromatic heterocycles. The monoisotopic (exact) mass is 276 g/mol. The molecule has 2 amide bonds. The maximum Gasteiger partial charge on any atom is 0.326 e. The third kappa shape index (κ3) is 7.94. The largest absolute Gasteiger partial charge is 0.480 e. The molecule has 0 fully saturated rings. The molecule has 0 saturated heterocycles. The molecule has 6 nitrogen and oxygen atoms in total.